The molecule has 96 valence electrons. The first-order valence-electron chi connectivity index (χ1n) is 4.48. The lowest BCUT2D eigenvalue weighted by molar-refractivity contribution is -0.384. The van der Waals surface area contributed by atoms with Gasteiger partial charge in [-0.2, -0.15) is 13.2 Å². The highest BCUT2D eigenvalue weighted by Crippen LogP contribution is 2.21. The fourth-order valence-corrected chi connectivity index (χ4v) is 1.04. The zero-order valence-electron chi connectivity index (χ0n) is 8.64. The van der Waals surface area contributed by atoms with Crippen LogP contribution in [0.15, 0.2) is 30.3 Å². The van der Waals surface area contributed by atoms with Crippen LogP contribution in [0, 0.1) is 10.1 Å². The van der Waals surface area contributed by atoms with Crippen LogP contribution in [0.2, 0.25) is 0 Å². The summed E-state index contributed by atoms with van der Waals surface area (Å²) in [5.41, 5.74) is -0.410. The van der Waals surface area contributed by atoms with E-state index in [0.717, 1.165) is 24.3 Å². The molecular formula is C10H6F3NO4. The lowest BCUT2D eigenvalue weighted by atomic mass is 10.1. The minimum atomic E-state index is -5.07. The maximum Gasteiger partial charge on any atom is 0.454 e. The number of non-ortho nitro benzene ring substituents is 1. The van der Waals surface area contributed by atoms with E-state index in [9.17, 15) is 33.2 Å². The van der Waals surface area contributed by atoms with Gasteiger partial charge in [-0.3, -0.25) is 14.9 Å². The lowest BCUT2D eigenvalue weighted by Crippen LogP contribution is -2.20. The van der Waals surface area contributed by atoms with Crippen LogP contribution in [0.5, 0.6) is 0 Å². The molecule has 0 aliphatic heterocycles. The van der Waals surface area contributed by atoms with Crippen LogP contribution in [-0.4, -0.2) is 22.0 Å². The number of nitrogens with zero attached hydrogens (tertiary/aromatic N) is 1. The van der Waals surface area contributed by atoms with Gasteiger partial charge in [0, 0.05) is 23.8 Å². The lowest BCUT2D eigenvalue weighted by Gasteiger charge is -2.02. The predicted octanol–water partition coefficient (Wildman–Crippen LogP) is 2.63. The summed E-state index contributed by atoms with van der Waals surface area (Å²) in [5.74, 6) is -3.12. The second-order valence-electron chi connectivity index (χ2n) is 3.20. The zero-order chi connectivity index (χ0) is 13.9. The molecule has 1 aromatic carbocycles. The smallest absolute Gasteiger partial charge is 0.454 e. The molecule has 0 heterocycles. The van der Waals surface area contributed by atoms with E-state index in [4.69, 9.17) is 0 Å². The minimum Gasteiger partial charge on any atom is -0.507 e. The molecule has 0 spiro atoms. The van der Waals surface area contributed by atoms with Gasteiger partial charge in [-0.25, -0.2) is 0 Å². The Bertz CT molecular complexity index is 505. The quantitative estimate of drug-likeness (QED) is 0.392. The molecule has 18 heavy (non-hydrogen) atoms. The van der Waals surface area contributed by atoms with E-state index in [0.29, 0.717) is 0 Å². The average molecular weight is 261 g/mol. The number of carbonyl (C=O) groups excluding carboxylic acids is 1. The van der Waals surface area contributed by atoms with E-state index in [1.165, 1.54) is 0 Å². The number of hydrogen-bond donors (Lipinski definition) is 1. The number of nitro benzene ring substituents is 1. The van der Waals surface area contributed by atoms with Crippen molar-refractivity contribution in [2.24, 2.45) is 0 Å². The fourth-order valence-electron chi connectivity index (χ4n) is 1.04. The van der Waals surface area contributed by atoms with Crippen LogP contribution >= 0.6 is 0 Å². The van der Waals surface area contributed by atoms with Crippen molar-refractivity contribution in [2.75, 3.05) is 0 Å². The first-order chi connectivity index (χ1) is 8.21. The van der Waals surface area contributed by atoms with E-state index in [2.05, 4.69) is 0 Å². The number of nitro groups is 1. The first-order valence-corrected chi connectivity index (χ1v) is 4.48. The summed E-state index contributed by atoms with van der Waals surface area (Å²) in [6.45, 7) is 0. The van der Waals surface area contributed by atoms with Crippen molar-refractivity contribution in [1.29, 1.82) is 0 Å². The van der Waals surface area contributed by atoms with Gasteiger partial charge < -0.3 is 5.11 Å². The van der Waals surface area contributed by atoms with Gasteiger partial charge in [0.15, 0.2) is 0 Å². The van der Waals surface area contributed by atoms with E-state index in [1.54, 1.807) is 0 Å². The maximum absolute atomic E-state index is 11.9. The van der Waals surface area contributed by atoms with Gasteiger partial charge in [0.05, 0.1) is 4.92 Å². The van der Waals surface area contributed by atoms with Crippen molar-refractivity contribution >= 4 is 17.2 Å². The van der Waals surface area contributed by atoms with Gasteiger partial charge in [0.1, 0.15) is 5.76 Å². The molecule has 0 aliphatic rings. The number of benzene rings is 1. The number of ketones is 1. The number of allylic oxidation sites excluding steroid dienone is 1. The van der Waals surface area contributed by atoms with Crippen molar-refractivity contribution in [3.63, 3.8) is 0 Å². The molecule has 5 nitrogen and oxygen atoms in total. The Kier molecular flexibility index (Phi) is 3.70. The molecule has 0 aromatic heterocycles. The molecule has 8 heteroatoms. The second-order valence-corrected chi connectivity index (χ2v) is 3.20. The minimum absolute atomic E-state index is 0.0150. The molecule has 0 fully saturated rings. The van der Waals surface area contributed by atoms with Crippen LogP contribution in [0.1, 0.15) is 5.56 Å². The molecule has 0 saturated heterocycles. The Morgan fingerprint density at radius 2 is 1.78 bits per heavy atom. The molecule has 1 aromatic rings. The summed E-state index contributed by atoms with van der Waals surface area (Å²) >= 11 is 0. The number of hydrogen-bond acceptors (Lipinski definition) is 4. The monoisotopic (exact) mass is 261 g/mol. The molecule has 0 bridgehead atoms. The Morgan fingerprint density at radius 3 is 2.17 bits per heavy atom. The highest BCUT2D eigenvalue weighted by Gasteiger charge is 2.37. The molecule has 0 radical (unpaired) electrons. The van der Waals surface area contributed by atoms with Crippen LogP contribution < -0.4 is 0 Å². The summed E-state index contributed by atoms with van der Waals surface area (Å²) in [5, 5.41) is 19.6. The standard InChI is InChI=1S/C10H6F3NO4/c11-10(12,13)9(16)5-8(15)6-1-3-7(4-2-6)14(17)18/h1-5,15H/b8-5-. The van der Waals surface area contributed by atoms with E-state index in [1.807, 2.05) is 0 Å². The third-order valence-electron chi connectivity index (χ3n) is 1.92. The molecule has 0 atom stereocenters. The number of halogens is 3. The van der Waals surface area contributed by atoms with Gasteiger partial charge in [0.2, 0.25) is 0 Å². The summed E-state index contributed by atoms with van der Waals surface area (Å²) < 4.78 is 35.7. The van der Waals surface area contributed by atoms with E-state index >= 15 is 0 Å². The normalized spacial score (nSPS) is 12.3. The third-order valence-corrected chi connectivity index (χ3v) is 1.92. The molecule has 0 saturated carbocycles. The van der Waals surface area contributed by atoms with Crippen molar-refractivity contribution in [1.82, 2.24) is 0 Å². The van der Waals surface area contributed by atoms with Gasteiger partial charge in [-0.1, -0.05) is 0 Å². The zero-order valence-corrected chi connectivity index (χ0v) is 8.64. The highest BCUT2D eigenvalue weighted by atomic mass is 19.4. The first kappa shape index (κ1) is 13.7. The number of carbonyl (C=O) groups is 1. The average Bonchev–Trinajstić information content (AvgIpc) is 2.27. The number of aliphatic hydroxyl groups is 1. The molecular weight excluding hydrogens is 255 g/mol. The number of alkyl halides is 3. The second kappa shape index (κ2) is 4.86. The third kappa shape index (κ3) is 3.30. The van der Waals surface area contributed by atoms with E-state index < -0.39 is 22.6 Å². The summed E-state index contributed by atoms with van der Waals surface area (Å²) in [6, 6.07) is 4.07. The maximum atomic E-state index is 11.9. The molecule has 0 amide bonds. The highest BCUT2D eigenvalue weighted by molar-refractivity contribution is 5.99. The largest absolute Gasteiger partial charge is 0.507 e. The Morgan fingerprint density at radius 1 is 1.28 bits per heavy atom. The number of aliphatic hydroxyl groups excluding tert-OH is 1. The topological polar surface area (TPSA) is 80.4 Å². The molecule has 0 aliphatic carbocycles. The fraction of sp³-hybridized carbons (Fsp3) is 0.100. The molecule has 1 N–H and O–H groups in total. The summed E-state index contributed by atoms with van der Waals surface area (Å²) in [6.07, 6.45) is -5.06. The van der Waals surface area contributed by atoms with Crippen LogP contribution in [0.4, 0.5) is 18.9 Å². The summed E-state index contributed by atoms with van der Waals surface area (Å²) in [4.78, 5) is 20.2. The predicted molar refractivity (Wildman–Crippen MR) is 54.8 cm³/mol. The number of rotatable bonds is 3. The van der Waals surface area contributed by atoms with Gasteiger partial charge in [-0.15, -0.1) is 0 Å². The van der Waals surface area contributed by atoms with Gasteiger partial charge in [-0.05, 0) is 12.1 Å². The van der Waals surface area contributed by atoms with Crippen molar-refractivity contribution in [3.05, 3.63) is 46.0 Å². The van der Waals surface area contributed by atoms with Gasteiger partial charge >= 0.3 is 6.18 Å². The van der Waals surface area contributed by atoms with Crippen molar-refractivity contribution in [2.45, 2.75) is 6.18 Å². The van der Waals surface area contributed by atoms with Gasteiger partial charge in [0.25, 0.3) is 11.5 Å². The summed E-state index contributed by atoms with van der Waals surface area (Å²) in [7, 11) is 0. The van der Waals surface area contributed by atoms with Crippen molar-refractivity contribution < 1.29 is 28.0 Å². The Balaban J connectivity index is 2.98. The SMILES string of the molecule is O=C(/C=C(\O)c1ccc([N+](=O)[O-])cc1)C(F)(F)F. The molecule has 0 unspecified atom stereocenters. The Hall–Kier alpha value is -2.38. The molecule has 1 rings (SSSR count). The van der Waals surface area contributed by atoms with Crippen LogP contribution in [-0.2, 0) is 4.79 Å². The van der Waals surface area contributed by atoms with Crippen LogP contribution in [0.25, 0.3) is 5.76 Å². The van der Waals surface area contributed by atoms with E-state index in [-0.39, 0.29) is 17.3 Å². The van der Waals surface area contributed by atoms with Crippen molar-refractivity contribution in [3.8, 4) is 0 Å². The van der Waals surface area contributed by atoms with Crippen LogP contribution in [0.3, 0.4) is 0 Å². The Labute approximate surface area is 98.3 Å².